The third-order valence-corrected chi connectivity index (χ3v) is 3.29. The van der Waals surface area contributed by atoms with Crippen molar-refractivity contribution >= 4 is 16.7 Å². The highest BCUT2D eigenvalue weighted by Gasteiger charge is 2.00. The first-order valence-corrected chi connectivity index (χ1v) is 7.58. The average molecular weight is 287 g/mol. The van der Waals surface area contributed by atoms with E-state index in [0.29, 0.717) is 5.92 Å². The van der Waals surface area contributed by atoms with Crippen molar-refractivity contribution in [3.8, 4) is 5.75 Å². The molecule has 4 nitrogen and oxygen atoms in total. The lowest BCUT2D eigenvalue weighted by Crippen LogP contribution is -2.22. The van der Waals surface area contributed by atoms with Crippen LogP contribution in [0, 0.1) is 5.92 Å². The molecular formula is C17H25N3O. The highest BCUT2D eigenvalue weighted by molar-refractivity contribution is 5.81. The standard InChI is InChI=1S/C17H25N3O/c1-13(2)12-18-9-4-10-19-17-8-5-14-11-15(21-3)6-7-16(14)20-17/h5-8,11,13,18H,4,9-10,12H2,1-3H3,(H,19,20). The quantitative estimate of drug-likeness (QED) is 0.731. The summed E-state index contributed by atoms with van der Waals surface area (Å²) in [7, 11) is 1.68. The summed E-state index contributed by atoms with van der Waals surface area (Å²) in [6.45, 7) is 7.49. The van der Waals surface area contributed by atoms with Gasteiger partial charge in [-0.25, -0.2) is 4.98 Å². The third kappa shape index (κ3) is 4.90. The fourth-order valence-electron chi connectivity index (χ4n) is 2.15. The minimum Gasteiger partial charge on any atom is -0.497 e. The Kier molecular flexibility index (Phi) is 5.81. The van der Waals surface area contributed by atoms with Crippen LogP contribution in [0.4, 0.5) is 5.82 Å². The van der Waals surface area contributed by atoms with Gasteiger partial charge in [-0.3, -0.25) is 0 Å². The number of ether oxygens (including phenoxy) is 1. The number of fused-ring (bicyclic) bond motifs is 1. The fraction of sp³-hybridized carbons (Fsp3) is 0.471. The first kappa shape index (κ1) is 15.6. The van der Waals surface area contributed by atoms with Gasteiger partial charge < -0.3 is 15.4 Å². The topological polar surface area (TPSA) is 46.2 Å². The van der Waals surface area contributed by atoms with Crippen LogP contribution >= 0.6 is 0 Å². The van der Waals surface area contributed by atoms with E-state index in [4.69, 9.17) is 4.74 Å². The summed E-state index contributed by atoms with van der Waals surface area (Å²) < 4.78 is 5.22. The zero-order valence-electron chi connectivity index (χ0n) is 13.1. The second kappa shape index (κ2) is 7.84. The molecule has 1 aromatic heterocycles. The molecule has 2 aromatic rings. The summed E-state index contributed by atoms with van der Waals surface area (Å²) in [5, 5.41) is 7.91. The molecule has 21 heavy (non-hydrogen) atoms. The number of rotatable bonds is 8. The summed E-state index contributed by atoms with van der Waals surface area (Å²) in [5.41, 5.74) is 0.985. The van der Waals surface area contributed by atoms with Crippen molar-refractivity contribution in [3.05, 3.63) is 30.3 Å². The van der Waals surface area contributed by atoms with Crippen LogP contribution in [0.15, 0.2) is 30.3 Å². The minimum atomic E-state index is 0.706. The number of nitrogens with zero attached hydrogens (tertiary/aromatic N) is 1. The zero-order chi connectivity index (χ0) is 15.1. The lowest BCUT2D eigenvalue weighted by atomic mass is 10.2. The molecule has 0 radical (unpaired) electrons. The van der Waals surface area contributed by atoms with E-state index in [1.165, 1.54) is 0 Å². The van der Waals surface area contributed by atoms with Gasteiger partial charge in [0, 0.05) is 11.9 Å². The fourth-order valence-corrected chi connectivity index (χ4v) is 2.15. The van der Waals surface area contributed by atoms with Crippen molar-refractivity contribution in [3.63, 3.8) is 0 Å². The lowest BCUT2D eigenvalue weighted by Gasteiger charge is -2.09. The first-order valence-electron chi connectivity index (χ1n) is 7.58. The number of methoxy groups -OCH3 is 1. The molecule has 0 spiro atoms. The van der Waals surface area contributed by atoms with Crippen LogP contribution in [0.25, 0.3) is 10.9 Å². The van der Waals surface area contributed by atoms with Crippen LogP contribution in [0.3, 0.4) is 0 Å². The van der Waals surface area contributed by atoms with E-state index in [0.717, 1.165) is 48.5 Å². The molecule has 2 N–H and O–H groups in total. The Morgan fingerprint density at radius 1 is 1.14 bits per heavy atom. The van der Waals surface area contributed by atoms with Gasteiger partial charge >= 0.3 is 0 Å². The SMILES string of the molecule is COc1ccc2nc(NCCCNCC(C)C)ccc2c1. The predicted octanol–water partition coefficient (Wildman–Crippen LogP) is 3.29. The number of hydrogen-bond acceptors (Lipinski definition) is 4. The second-order valence-electron chi connectivity index (χ2n) is 5.63. The lowest BCUT2D eigenvalue weighted by molar-refractivity contribution is 0.415. The maximum Gasteiger partial charge on any atom is 0.126 e. The maximum atomic E-state index is 5.22. The number of aromatic nitrogens is 1. The van der Waals surface area contributed by atoms with E-state index in [9.17, 15) is 0 Å². The van der Waals surface area contributed by atoms with Gasteiger partial charge in [0.1, 0.15) is 11.6 Å². The largest absolute Gasteiger partial charge is 0.497 e. The van der Waals surface area contributed by atoms with Gasteiger partial charge in [-0.05, 0) is 55.8 Å². The second-order valence-corrected chi connectivity index (χ2v) is 5.63. The molecule has 0 saturated heterocycles. The molecule has 0 aliphatic rings. The summed E-state index contributed by atoms with van der Waals surface area (Å²) >= 11 is 0. The Hall–Kier alpha value is -1.81. The molecule has 1 aromatic carbocycles. The maximum absolute atomic E-state index is 5.22. The van der Waals surface area contributed by atoms with Crippen LogP contribution in [0.5, 0.6) is 5.75 Å². The number of anilines is 1. The van der Waals surface area contributed by atoms with Crippen LogP contribution in [0.2, 0.25) is 0 Å². The summed E-state index contributed by atoms with van der Waals surface area (Å²) in [4.78, 5) is 4.61. The van der Waals surface area contributed by atoms with E-state index in [2.05, 4.69) is 35.5 Å². The monoisotopic (exact) mass is 287 g/mol. The van der Waals surface area contributed by atoms with Crippen LogP contribution in [-0.4, -0.2) is 31.7 Å². The van der Waals surface area contributed by atoms with Crippen molar-refractivity contribution in [2.45, 2.75) is 20.3 Å². The molecule has 0 saturated carbocycles. The number of hydrogen-bond donors (Lipinski definition) is 2. The van der Waals surface area contributed by atoms with E-state index < -0.39 is 0 Å². The van der Waals surface area contributed by atoms with E-state index in [1.54, 1.807) is 7.11 Å². The minimum absolute atomic E-state index is 0.706. The summed E-state index contributed by atoms with van der Waals surface area (Å²) in [5.74, 6) is 2.50. The third-order valence-electron chi connectivity index (χ3n) is 3.29. The van der Waals surface area contributed by atoms with Crippen molar-refractivity contribution in [1.82, 2.24) is 10.3 Å². The molecule has 0 unspecified atom stereocenters. The van der Waals surface area contributed by atoms with Gasteiger partial charge in [0.05, 0.1) is 12.6 Å². The molecular weight excluding hydrogens is 262 g/mol. The van der Waals surface area contributed by atoms with Crippen LogP contribution < -0.4 is 15.4 Å². The predicted molar refractivity (Wildman–Crippen MR) is 89.1 cm³/mol. The van der Waals surface area contributed by atoms with Gasteiger partial charge in [-0.2, -0.15) is 0 Å². The molecule has 0 amide bonds. The Morgan fingerprint density at radius 3 is 2.76 bits per heavy atom. The smallest absolute Gasteiger partial charge is 0.126 e. The zero-order valence-corrected chi connectivity index (χ0v) is 13.1. The van der Waals surface area contributed by atoms with Gasteiger partial charge in [-0.1, -0.05) is 13.8 Å². The van der Waals surface area contributed by atoms with E-state index >= 15 is 0 Å². The normalized spacial score (nSPS) is 11.0. The van der Waals surface area contributed by atoms with Crippen molar-refractivity contribution in [2.24, 2.45) is 5.92 Å². The Labute approximate surface area is 126 Å². The van der Waals surface area contributed by atoms with Gasteiger partial charge in [0.25, 0.3) is 0 Å². The molecule has 114 valence electrons. The van der Waals surface area contributed by atoms with Crippen LogP contribution in [0.1, 0.15) is 20.3 Å². The Morgan fingerprint density at radius 2 is 2.00 bits per heavy atom. The van der Waals surface area contributed by atoms with E-state index in [-0.39, 0.29) is 0 Å². The number of nitrogens with one attached hydrogen (secondary N) is 2. The number of benzene rings is 1. The Bertz CT molecular complexity index is 569. The number of pyridine rings is 1. The average Bonchev–Trinajstić information content (AvgIpc) is 2.49. The molecule has 0 aliphatic heterocycles. The van der Waals surface area contributed by atoms with Gasteiger partial charge in [0.15, 0.2) is 0 Å². The molecule has 4 heteroatoms. The molecule has 0 fully saturated rings. The molecule has 0 aliphatic carbocycles. The molecule has 1 heterocycles. The summed E-state index contributed by atoms with van der Waals surface area (Å²) in [6, 6.07) is 10.0. The van der Waals surface area contributed by atoms with Crippen molar-refractivity contribution in [2.75, 3.05) is 32.1 Å². The van der Waals surface area contributed by atoms with E-state index in [1.807, 2.05) is 24.3 Å². The van der Waals surface area contributed by atoms with Crippen LogP contribution in [-0.2, 0) is 0 Å². The highest BCUT2D eigenvalue weighted by atomic mass is 16.5. The van der Waals surface area contributed by atoms with Gasteiger partial charge in [-0.15, -0.1) is 0 Å². The first-order chi connectivity index (χ1) is 10.2. The molecule has 0 bridgehead atoms. The van der Waals surface area contributed by atoms with Crippen molar-refractivity contribution < 1.29 is 4.74 Å². The summed E-state index contributed by atoms with van der Waals surface area (Å²) in [6.07, 6.45) is 1.09. The van der Waals surface area contributed by atoms with Crippen molar-refractivity contribution in [1.29, 1.82) is 0 Å². The van der Waals surface area contributed by atoms with Gasteiger partial charge in [0.2, 0.25) is 0 Å². The molecule has 2 rings (SSSR count). The highest BCUT2D eigenvalue weighted by Crippen LogP contribution is 2.20. The molecule has 0 atom stereocenters. The Balaban J connectivity index is 1.82.